The number of nitrogens with zero attached hydrogens (tertiary/aromatic N) is 1. The Morgan fingerprint density at radius 2 is 1.67 bits per heavy atom. The molecule has 0 unspecified atom stereocenters. The van der Waals surface area contributed by atoms with Crippen molar-refractivity contribution in [1.82, 2.24) is 4.90 Å². The third-order valence-electron chi connectivity index (χ3n) is 5.57. The zero-order chi connectivity index (χ0) is 21.7. The summed E-state index contributed by atoms with van der Waals surface area (Å²) in [6.45, 7) is 4.26. The third kappa shape index (κ3) is 4.75. The molecule has 1 aliphatic rings. The largest absolute Gasteiger partial charge is 0.466 e. The Hall–Kier alpha value is -3.02. The molecule has 5 nitrogen and oxygen atoms in total. The zero-order valence-electron chi connectivity index (χ0n) is 17.3. The van der Waals surface area contributed by atoms with Crippen molar-refractivity contribution >= 4 is 17.7 Å². The van der Waals surface area contributed by atoms with Crippen LogP contribution < -0.4 is 0 Å². The zero-order valence-corrected chi connectivity index (χ0v) is 17.3. The molecule has 158 valence electrons. The number of hydrogen-bond donors (Lipinski definition) is 0. The Kier molecular flexibility index (Phi) is 6.65. The predicted molar refractivity (Wildman–Crippen MR) is 111 cm³/mol. The van der Waals surface area contributed by atoms with Crippen LogP contribution in [0.4, 0.5) is 4.39 Å². The molecule has 0 aliphatic carbocycles. The summed E-state index contributed by atoms with van der Waals surface area (Å²) in [5, 5.41) is 0. The molecule has 30 heavy (non-hydrogen) atoms. The maximum absolute atomic E-state index is 13.3. The number of rotatable bonds is 6. The quantitative estimate of drug-likeness (QED) is 0.531. The number of amides is 1. The summed E-state index contributed by atoms with van der Waals surface area (Å²) in [7, 11) is 0. The van der Waals surface area contributed by atoms with Gasteiger partial charge in [-0.1, -0.05) is 24.3 Å². The Morgan fingerprint density at radius 3 is 2.27 bits per heavy atom. The van der Waals surface area contributed by atoms with E-state index in [4.69, 9.17) is 4.74 Å². The third-order valence-corrected chi connectivity index (χ3v) is 5.57. The first-order valence-electron chi connectivity index (χ1n) is 10.2. The Labute approximate surface area is 175 Å². The van der Waals surface area contributed by atoms with Gasteiger partial charge in [0.1, 0.15) is 5.82 Å². The van der Waals surface area contributed by atoms with Crippen molar-refractivity contribution in [3.8, 4) is 0 Å². The summed E-state index contributed by atoms with van der Waals surface area (Å²) < 4.78 is 18.7. The molecule has 0 aromatic heterocycles. The average molecular weight is 411 g/mol. The number of likely N-dealkylation sites (tertiary alicyclic amines) is 1. The minimum Gasteiger partial charge on any atom is -0.466 e. The molecule has 0 bridgehead atoms. The molecule has 6 heteroatoms. The SMILES string of the molecule is CCOC(=O)[C@@]1(Cc2ccc(F)cc2)CCCN(C(=O)c2ccc(C(C)=O)cc2)C1. The topological polar surface area (TPSA) is 63.7 Å². The van der Waals surface area contributed by atoms with Gasteiger partial charge in [-0.05, 0) is 62.9 Å². The summed E-state index contributed by atoms with van der Waals surface area (Å²) in [6.07, 6.45) is 1.63. The molecule has 0 radical (unpaired) electrons. The average Bonchev–Trinajstić information content (AvgIpc) is 2.75. The second-order valence-corrected chi connectivity index (χ2v) is 7.77. The summed E-state index contributed by atoms with van der Waals surface area (Å²) in [5.74, 6) is -0.915. The number of ketones is 1. The van der Waals surface area contributed by atoms with E-state index in [1.807, 2.05) is 0 Å². The standard InChI is InChI=1S/C24H26FNO4/c1-3-30-23(29)24(15-18-5-11-21(25)12-6-18)13-4-14-26(16-24)22(28)20-9-7-19(8-10-20)17(2)27/h5-12H,3-4,13-16H2,1-2H3/t24-/m1/s1. The highest BCUT2D eigenvalue weighted by Gasteiger charge is 2.44. The summed E-state index contributed by atoms with van der Waals surface area (Å²) in [5.41, 5.74) is 0.967. The van der Waals surface area contributed by atoms with Gasteiger partial charge in [-0.2, -0.15) is 0 Å². The fourth-order valence-electron chi connectivity index (χ4n) is 4.00. The van der Waals surface area contributed by atoms with Gasteiger partial charge in [0.15, 0.2) is 5.78 Å². The molecule has 3 rings (SSSR count). The summed E-state index contributed by atoms with van der Waals surface area (Å²) in [4.78, 5) is 39.2. The van der Waals surface area contributed by atoms with Gasteiger partial charge in [0.2, 0.25) is 0 Å². The number of esters is 1. The molecule has 0 N–H and O–H groups in total. The molecule has 2 aromatic rings. The van der Waals surface area contributed by atoms with Gasteiger partial charge in [0.25, 0.3) is 5.91 Å². The van der Waals surface area contributed by atoms with Crippen molar-refractivity contribution in [3.63, 3.8) is 0 Å². The lowest BCUT2D eigenvalue weighted by Crippen LogP contribution is -2.51. The highest BCUT2D eigenvalue weighted by Crippen LogP contribution is 2.36. The predicted octanol–water partition coefficient (Wildman–Crippen LogP) is 4.06. The van der Waals surface area contributed by atoms with Crippen LogP contribution in [0.5, 0.6) is 0 Å². The van der Waals surface area contributed by atoms with Crippen molar-refractivity contribution < 1.29 is 23.5 Å². The lowest BCUT2D eigenvalue weighted by atomic mass is 9.75. The van der Waals surface area contributed by atoms with Crippen molar-refractivity contribution in [2.75, 3.05) is 19.7 Å². The number of piperidine rings is 1. The van der Waals surface area contributed by atoms with E-state index in [1.54, 1.807) is 48.2 Å². The number of halogens is 1. The number of hydrogen-bond acceptors (Lipinski definition) is 4. The maximum Gasteiger partial charge on any atom is 0.314 e. The van der Waals surface area contributed by atoms with Gasteiger partial charge >= 0.3 is 5.97 Å². The van der Waals surface area contributed by atoms with Gasteiger partial charge in [0.05, 0.1) is 12.0 Å². The first-order valence-corrected chi connectivity index (χ1v) is 10.2. The van der Waals surface area contributed by atoms with E-state index >= 15 is 0 Å². The molecular weight excluding hydrogens is 385 g/mol. The molecule has 2 aromatic carbocycles. The van der Waals surface area contributed by atoms with Crippen molar-refractivity contribution in [3.05, 3.63) is 71.0 Å². The van der Waals surface area contributed by atoms with E-state index < -0.39 is 5.41 Å². The van der Waals surface area contributed by atoms with Crippen LogP contribution in [-0.4, -0.2) is 42.3 Å². The number of ether oxygens (including phenoxy) is 1. The fraction of sp³-hybridized carbons (Fsp3) is 0.375. The fourth-order valence-corrected chi connectivity index (χ4v) is 4.00. The number of Topliss-reactive ketones (excluding diaryl/α,β-unsaturated/α-hetero) is 1. The van der Waals surface area contributed by atoms with Gasteiger partial charge in [-0.25, -0.2) is 4.39 Å². The minimum atomic E-state index is -0.874. The van der Waals surface area contributed by atoms with E-state index in [1.165, 1.54) is 19.1 Å². The summed E-state index contributed by atoms with van der Waals surface area (Å²) in [6, 6.07) is 12.6. The second-order valence-electron chi connectivity index (χ2n) is 7.77. The highest BCUT2D eigenvalue weighted by atomic mass is 19.1. The van der Waals surface area contributed by atoms with Gasteiger partial charge < -0.3 is 9.64 Å². The number of carbonyl (C=O) groups is 3. The smallest absolute Gasteiger partial charge is 0.314 e. The van der Waals surface area contributed by atoms with Crippen molar-refractivity contribution in [2.24, 2.45) is 5.41 Å². The van der Waals surface area contributed by atoms with Crippen LogP contribution in [0.1, 0.15) is 53.0 Å². The Balaban J connectivity index is 1.85. The molecule has 0 saturated carbocycles. The molecule has 1 heterocycles. The molecule has 1 atom stereocenters. The molecule has 1 fully saturated rings. The van der Waals surface area contributed by atoms with Crippen molar-refractivity contribution in [1.29, 1.82) is 0 Å². The lowest BCUT2D eigenvalue weighted by molar-refractivity contribution is -0.158. The van der Waals surface area contributed by atoms with E-state index in [0.717, 1.165) is 5.56 Å². The molecular formula is C24H26FNO4. The van der Waals surface area contributed by atoms with Crippen LogP contribution in [0, 0.1) is 11.2 Å². The van der Waals surface area contributed by atoms with E-state index in [2.05, 4.69) is 0 Å². The lowest BCUT2D eigenvalue weighted by Gasteiger charge is -2.41. The van der Waals surface area contributed by atoms with E-state index in [9.17, 15) is 18.8 Å². The number of carbonyl (C=O) groups excluding carboxylic acids is 3. The molecule has 1 saturated heterocycles. The monoisotopic (exact) mass is 411 g/mol. The van der Waals surface area contributed by atoms with E-state index in [0.29, 0.717) is 36.9 Å². The number of benzene rings is 2. The minimum absolute atomic E-state index is 0.0624. The van der Waals surface area contributed by atoms with Gasteiger partial charge in [-0.3, -0.25) is 14.4 Å². The van der Waals surface area contributed by atoms with E-state index in [-0.39, 0.29) is 36.6 Å². The Bertz CT molecular complexity index is 923. The molecule has 1 amide bonds. The van der Waals surface area contributed by atoms with Gasteiger partial charge in [-0.15, -0.1) is 0 Å². The van der Waals surface area contributed by atoms with Gasteiger partial charge in [0, 0.05) is 24.2 Å². The molecule has 1 aliphatic heterocycles. The van der Waals surface area contributed by atoms with Crippen LogP contribution in [0.25, 0.3) is 0 Å². The first kappa shape index (κ1) is 21.7. The first-order chi connectivity index (χ1) is 14.3. The maximum atomic E-state index is 13.3. The highest BCUT2D eigenvalue weighted by molar-refractivity contribution is 5.98. The normalized spacial score (nSPS) is 18.7. The van der Waals surface area contributed by atoms with Crippen LogP contribution >= 0.6 is 0 Å². The molecule has 0 spiro atoms. The summed E-state index contributed by atoms with van der Waals surface area (Å²) >= 11 is 0. The van der Waals surface area contributed by atoms with Crippen LogP contribution in [0.3, 0.4) is 0 Å². The van der Waals surface area contributed by atoms with Crippen molar-refractivity contribution in [2.45, 2.75) is 33.1 Å². The Morgan fingerprint density at radius 1 is 1.03 bits per heavy atom. The van der Waals surface area contributed by atoms with Crippen LogP contribution in [-0.2, 0) is 16.0 Å². The van der Waals surface area contributed by atoms with Crippen LogP contribution in [0.15, 0.2) is 48.5 Å². The second kappa shape index (κ2) is 9.20. The van der Waals surface area contributed by atoms with Crippen LogP contribution in [0.2, 0.25) is 0 Å².